The molecular weight excluding hydrogens is 272 g/mol. The third kappa shape index (κ3) is 1.75. The number of nitrogens with one attached hydrogen (secondary N) is 1. The number of aromatic amines is 1. The Bertz CT molecular complexity index is 1020. The summed E-state index contributed by atoms with van der Waals surface area (Å²) in [7, 11) is 0. The molecule has 2 aromatic heterocycles. The maximum absolute atomic E-state index is 12.4. The number of aromatic nitrogens is 4. The minimum atomic E-state index is -0.190. The molecule has 0 bridgehead atoms. The van der Waals surface area contributed by atoms with Crippen molar-refractivity contribution in [3.63, 3.8) is 0 Å². The van der Waals surface area contributed by atoms with Crippen LogP contribution in [0.25, 0.3) is 33.3 Å². The lowest BCUT2D eigenvalue weighted by atomic mass is 10.1. The molecule has 0 atom stereocenters. The highest BCUT2D eigenvalue weighted by atomic mass is 16.3. The zero-order valence-corrected chi connectivity index (χ0v) is 10.6. The van der Waals surface area contributed by atoms with Gasteiger partial charge < -0.3 is 9.52 Å². The first-order chi connectivity index (χ1) is 10.2. The predicted molar refractivity (Wildman–Crippen MR) is 74.8 cm³/mol. The summed E-state index contributed by atoms with van der Waals surface area (Å²) in [4.78, 5) is 12.4. The standard InChI is InChI=1S/C14H8N4O3/c19-8-2-4-11-10(6-8)13(20)9-3-1-7(5-12(9)21-11)14-15-17-18-16-14/h1-6,19H,(H,15,16,17,18). The van der Waals surface area contributed by atoms with Gasteiger partial charge in [-0.05, 0) is 40.8 Å². The summed E-state index contributed by atoms with van der Waals surface area (Å²) in [6.07, 6.45) is 0. The van der Waals surface area contributed by atoms with E-state index >= 15 is 0 Å². The van der Waals surface area contributed by atoms with Gasteiger partial charge in [0.2, 0.25) is 5.43 Å². The number of tetrazole rings is 1. The van der Waals surface area contributed by atoms with Gasteiger partial charge in [0.1, 0.15) is 16.9 Å². The molecule has 0 unspecified atom stereocenters. The Morgan fingerprint density at radius 1 is 1.05 bits per heavy atom. The number of hydrogen-bond acceptors (Lipinski definition) is 6. The Hall–Kier alpha value is -3.22. The summed E-state index contributed by atoms with van der Waals surface area (Å²) in [5.41, 5.74) is 1.38. The van der Waals surface area contributed by atoms with Gasteiger partial charge in [-0.15, -0.1) is 5.10 Å². The molecule has 7 nitrogen and oxygen atoms in total. The van der Waals surface area contributed by atoms with Crippen LogP contribution in [0.4, 0.5) is 0 Å². The minimum Gasteiger partial charge on any atom is -0.508 e. The predicted octanol–water partition coefficient (Wildman–Crippen LogP) is 1.83. The topological polar surface area (TPSA) is 105 Å². The molecule has 0 fully saturated rings. The second-order valence-corrected chi connectivity index (χ2v) is 4.57. The van der Waals surface area contributed by atoms with E-state index in [9.17, 15) is 9.90 Å². The highest BCUT2D eigenvalue weighted by Crippen LogP contribution is 2.24. The first-order valence-corrected chi connectivity index (χ1v) is 6.16. The molecule has 2 N–H and O–H groups in total. The van der Waals surface area contributed by atoms with Gasteiger partial charge in [-0.2, -0.15) is 0 Å². The maximum Gasteiger partial charge on any atom is 0.200 e. The van der Waals surface area contributed by atoms with E-state index in [1.54, 1.807) is 24.3 Å². The average Bonchev–Trinajstić information content (AvgIpc) is 3.02. The van der Waals surface area contributed by atoms with Crippen LogP contribution in [-0.2, 0) is 0 Å². The van der Waals surface area contributed by atoms with Crippen LogP contribution in [0.2, 0.25) is 0 Å². The summed E-state index contributed by atoms with van der Waals surface area (Å²) in [6.45, 7) is 0. The van der Waals surface area contributed by atoms with Crippen molar-refractivity contribution in [2.75, 3.05) is 0 Å². The molecule has 4 aromatic rings. The average molecular weight is 280 g/mol. The van der Waals surface area contributed by atoms with E-state index in [1.165, 1.54) is 12.1 Å². The molecule has 4 rings (SSSR count). The van der Waals surface area contributed by atoms with Crippen molar-refractivity contribution < 1.29 is 9.52 Å². The van der Waals surface area contributed by atoms with Crippen LogP contribution in [0.5, 0.6) is 5.75 Å². The van der Waals surface area contributed by atoms with Crippen molar-refractivity contribution in [1.82, 2.24) is 20.6 Å². The Labute approximate surface area is 116 Å². The lowest BCUT2D eigenvalue weighted by Gasteiger charge is -2.03. The Kier molecular flexibility index (Phi) is 2.28. The lowest BCUT2D eigenvalue weighted by Crippen LogP contribution is -2.02. The lowest BCUT2D eigenvalue weighted by molar-refractivity contribution is 0.475. The monoisotopic (exact) mass is 280 g/mol. The van der Waals surface area contributed by atoms with Gasteiger partial charge in [0.05, 0.1) is 10.8 Å². The number of benzene rings is 2. The smallest absolute Gasteiger partial charge is 0.200 e. The molecule has 2 aromatic carbocycles. The van der Waals surface area contributed by atoms with Crippen LogP contribution in [0, 0.1) is 0 Å². The van der Waals surface area contributed by atoms with Gasteiger partial charge in [-0.25, -0.2) is 5.10 Å². The van der Waals surface area contributed by atoms with E-state index in [4.69, 9.17) is 4.42 Å². The Morgan fingerprint density at radius 3 is 2.76 bits per heavy atom. The van der Waals surface area contributed by atoms with Crippen LogP contribution in [0.15, 0.2) is 45.6 Å². The van der Waals surface area contributed by atoms with Crippen LogP contribution in [-0.4, -0.2) is 25.7 Å². The summed E-state index contributed by atoms with van der Waals surface area (Å²) < 4.78 is 5.73. The second-order valence-electron chi connectivity index (χ2n) is 4.57. The summed E-state index contributed by atoms with van der Waals surface area (Å²) in [5.74, 6) is 0.517. The van der Waals surface area contributed by atoms with Gasteiger partial charge >= 0.3 is 0 Å². The molecule has 0 aliphatic rings. The fourth-order valence-electron chi connectivity index (χ4n) is 2.27. The molecule has 2 heterocycles. The SMILES string of the molecule is O=c1c2ccc(-c3nnn[nH]3)cc2oc2ccc(O)cc12. The van der Waals surface area contributed by atoms with E-state index in [2.05, 4.69) is 20.6 Å². The normalized spacial score (nSPS) is 11.2. The first kappa shape index (κ1) is 11.6. The van der Waals surface area contributed by atoms with E-state index in [0.29, 0.717) is 33.3 Å². The molecule has 0 aliphatic carbocycles. The van der Waals surface area contributed by atoms with Crippen LogP contribution in [0.1, 0.15) is 0 Å². The maximum atomic E-state index is 12.4. The van der Waals surface area contributed by atoms with Crippen LogP contribution in [0.3, 0.4) is 0 Å². The van der Waals surface area contributed by atoms with E-state index < -0.39 is 0 Å². The molecule has 0 radical (unpaired) electrons. The van der Waals surface area contributed by atoms with E-state index in [-0.39, 0.29) is 11.2 Å². The molecule has 0 amide bonds. The summed E-state index contributed by atoms with van der Waals surface area (Å²) in [5, 5.41) is 23.8. The summed E-state index contributed by atoms with van der Waals surface area (Å²) in [6, 6.07) is 9.52. The zero-order chi connectivity index (χ0) is 14.4. The van der Waals surface area contributed by atoms with Crippen molar-refractivity contribution in [2.24, 2.45) is 0 Å². The van der Waals surface area contributed by atoms with Gasteiger partial charge in [0.15, 0.2) is 5.82 Å². The van der Waals surface area contributed by atoms with Crippen molar-refractivity contribution in [1.29, 1.82) is 0 Å². The first-order valence-electron chi connectivity index (χ1n) is 6.16. The van der Waals surface area contributed by atoms with Crippen molar-refractivity contribution >= 4 is 21.9 Å². The molecular formula is C14H8N4O3. The minimum absolute atomic E-state index is 0.0264. The van der Waals surface area contributed by atoms with Gasteiger partial charge in [-0.3, -0.25) is 4.79 Å². The molecule has 102 valence electrons. The molecule has 21 heavy (non-hydrogen) atoms. The Balaban J connectivity index is 2.07. The van der Waals surface area contributed by atoms with Crippen LogP contribution < -0.4 is 5.43 Å². The number of rotatable bonds is 1. The third-order valence-corrected chi connectivity index (χ3v) is 3.27. The highest BCUT2D eigenvalue weighted by Gasteiger charge is 2.10. The summed E-state index contributed by atoms with van der Waals surface area (Å²) >= 11 is 0. The number of phenols is 1. The molecule has 0 spiro atoms. The fraction of sp³-hybridized carbons (Fsp3) is 0. The molecule has 0 aliphatic heterocycles. The number of fused-ring (bicyclic) bond motifs is 2. The van der Waals surface area contributed by atoms with Crippen molar-refractivity contribution in [3.8, 4) is 17.1 Å². The quantitative estimate of drug-likeness (QED) is 0.515. The zero-order valence-electron chi connectivity index (χ0n) is 10.6. The van der Waals surface area contributed by atoms with Crippen molar-refractivity contribution in [2.45, 2.75) is 0 Å². The molecule has 0 saturated heterocycles. The number of aromatic hydroxyl groups is 1. The number of hydrogen-bond donors (Lipinski definition) is 2. The Morgan fingerprint density at radius 2 is 1.95 bits per heavy atom. The number of phenolic OH excluding ortho intramolecular Hbond substituents is 1. The van der Waals surface area contributed by atoms with E-state index in [1.807, 2.05) is 0 Å². The molecule has 7 heteroatoms. The largest absolute Gasteiger partial charge is 0.508 e. The second kappa shape index (κ2) is 4.14. The number of H-pyrrole nitrogens is 1. The third-order valence-electron chi connectivity index (χ3n) is 3.27. The van der Waals surface area contributed by atoms with Gasteiger partial charge in [0, 0.05) is 5.56 Å². The molecule has 0 saturated carbocycles. The van der Waals surface area contributed by atoms with Gasteiger partial charge in [-0.1, -0.05) is 6.07 Å². The van der Waals surface area contributed by atoms with E-state index in [0.717, 1.165) is 0 Å². The fourth-order valence-corrected chi connectivity index (χ4v) is 2.27. The van der Waals surface area contributed by atoms with Crippen molar-refractivity contribution in [3.05, 3.63) is 46.6 Å². The highest BCUT2D eigenvalue weighted by molar-refractivity contribution is 5.91. The van der Waals surface area contributed by atoms with Gasteiger partial charge in [0.25, 0.3) is 0 Å². The van der Waals surface area contributed by atoms with Crippen LogP contribution >= 0.6 is 0 Å². The number of nitrogens with zero attached hydrogens (tertiary/aromatic N) is 3.